The number of nitrogens with zero attached hydrogens (tertiary/aromatic N) is 2. The van der Waals surface area contributed by atoms with E-state index in [-0.39, 0.29) is 12.5 Å². The minimum absolute atomic E-state index is 0.0425. The molecule has 80 valence electrons. The molecule has 0 radical (unpaired) electrons. The first-order valence-corrected chi connectivity index (χ1v) is 5.83. The maximum Gasteiger partial charge on any atom is 0.228 e. The fourth-order valence-corrected chi connectivity index (χ4v) is 2.02. The van der Waals surface area contributed by atoms with Gasteiger partial charge in [0.1, 0.15) is 6.54 Å². The van der Waals surface area contributed by atoms with Crippen molar-refractivity contribution in [2.75, 3.05) is 13.1 Å². The van der Waals surface area contributed by atoms with Crippen molar-refractivity contribution < 1.29 is 4.79 Å². The minimum Gasteiger partial charge on any atom is -0.329 e. The summed E-state index contributed by atoms with van der Waals surface area (Å²) in [7, 11) is 0. The lowest BCUT2D eigenvalue weighted by Gasteiger charge is -2.17. The molecule has 0 fully saturated rings. The summed E-state index contributed by atoms with van der Waals surface area (Å²) in [5.41, 5.74) is 0. The summed E-state index contributed by atoms with van der Waals surface area (Å²) in [5, 5.41) is 10.6. The molecule has 0 unspecified atom stereocenters. The highest BCUT2D eigenvalue weighted by atomic mass is 32.1. The summed E-state index contributed by atoms with van der Waals surface area (Å²) in [5.74, 6) is 0.0425. The highest BCUT2D eigenvalue weighted by Gasteiger charge is 2.12. The Kier molecular flexibility index (Phi) is 4.85. The van der Waals surface area contributed by atoms with Gasteiger partial charge in [0, 0.05) is 11.4 Å². The number of carbonyl (C=O) groups is 1. The summed E-state index contributed by atoms with van der Waals surface area (Å²) < 4.78 is 0. The zero-order valence-electron chi connectivity index (χ0n) is 8.77. The van der Waals surface area contributed by atoms with Gasteiger partial charge < -0.3 is 4.90 Å². The van der Waals surface area contributed by atoms with Gasteiger partial charge in [0.05, 0.1) is 12.5 Å². The Bertz CT molecular complexity index is 340. The zero-order chi connectivity index (χ0) is 11.1. The summed E-state index contributed by atoms with van der Waals surface area (Å²) in [6.45, 7) is 2.86. The van der Waals surface area contributed by atoms with E-state index in [0.717, 1.165) is 11.3 Å². The smallest absolute Gasteiger partial charge is 0.228 e. The standard InChI is InChI=1S/C11H14N2OS/c1-2-6-13(7-5-12)11(14)9-10-4-3-8-15-10/h3-4,8H,2,6-7,9H2,1H3. The lowest BCUT2D eigenvalue weighted by molar-refractivity contribution is -0.129. The van der Waals surface area contributed by atoms with Crippen LogP contribution < -0.4 is 0 Å². The van der Waals surface area contributed by atoms with Crippen molar-refractivity contribution in [3.8, 4) is 6.07 Å². The summed E-state index contributed by atoms with van der Waals surface area (Å²) >= 11 is 1.57. The fraction of sp³-hybridized carbons (Fsp3) is 0.455. The van der Waals surface area contributed by atoms with Gasteiger partial charge in [-0.1, -0.05) is 13.0 Å². The Hall–Kier alpha value is -1.34. The summed E-state index contributed by atoms with van der Waals surface area (Å²) in [6, 6.07) is 5.90. The molecule has 0 atom stereocenters. The van der Waals surface area contributed by atoms with Crippen LogP contribution in [-0.2, 0) is 11.2 Å². The van der Waals surface area contributed by atoms with Gasteiger partial charge >= 0.3 is 0 Å². The highest BCUT2D eigenvalue weighted by molar-refractivity contribution is 7.10. The summed E-state index contributed by atoms with van der Waals surface area (Å²) in [4.78, 5) is 14.4. The maximum atomic E-state index is 11.8. The second-order valence-electron chi connectivity index (χ2n) is 3.23. The molecule has 0 saturated carbocycles. The molecule has 0 aliphatic heterocycles. The van der Waals surface area contributed by atoms with Crippen LogP contribution in [0, 0.1) is 11.3 Å². The third-order valence-electron chi connectivity index (χ3n) is 2.01. The molecule has 1 aromatic rings. The van der Waals surface area contributed by atoms with E-state index >= 15 is 0 Å². The van der Waals surface area contributed by atoms with Crippen molar-refractivity contribution in [2.45, 2.75) is 19.8 Å². The largest absolute Gasteiger partial charge is 0.329 e. The number of hydrogen-bond acceptors (Lipinski definition) is 3. The van der Waals surface area contributed by atoms with E-state index in [0.29, 0.717) is 13.0 Å². The first kappa shape index (κ1) is 11.7. The molecule has 0 aliphatic carbocycles. The third kappa shape index (κ3) is 3.72. The number of thiophene rings is 1. The average molecular weight is 222 g/mol. The van der Waals surface area contributed by atoms with E-state index in [1.165, 1.54) is 0 Å². The van der Waals surface area contributed by atoms with E-state index in [2.05, 4.69) is 0 Å². The highest BCUT2D eigenvalue weighted by Crippen LogP contribution is 2.10. The Morgan fingerprint density at radius 3 is 3.00 bits per heavy atom. The van der Waals surface area contributed by atoms with Crippen molar-refractivity contribution in [1.82, 2.24) is 4.90 Å². The van der Waals surface area contributed by atoms with Crippen molar-refractivity contribution in [3.63, 3.8) is 0 Å². The van der Waals surface area contributed by atoms with Gasteiger partial charge in [-0.05, 0) is 17.9 Å². The molecule has 0 bridgehead atoms. The molecule has 0 spiro atoms. The first-order valence-electron chi connectivity index (χ1n) is 4.95. The molecule has 4 heteroatoms. The van der Waals surface area contributed by atoms with Crippen LogP contribution in [-0.4, -0.2) is 23.9 Å². The molecule has 1 aromatic heterocycles. The third-order valence-corrected chi connectivity index (χ3v) is 2.89. The van der Waals surface area contributed by atoms with Gasteiger partial charge in [0.15, 0.2) is 0 Å². The second-order valence-corrected chi connectivity index (χ2v) is 4.26. The molecule has 0 saturated heterocycles. The van der Waals surface area contributed by atoms with E-state index in [1.54, 1.807) is 16.2 Å². The monoisotopic (exact) mass is 222 g/mol. The Morgan fingerprint density at radius 2 is 2.47 bits per heavy atom. The van der Waals surface area contributed by atoms with Crippen LogP contribution in [0.3, 0.4) is 0 Å². The van der Waals surface area contributed by atoms with Gasteiger partial charge in [0.2, 0.25) is 5.91 Å². The number of carbonyl (C=O) groups excluding carboxylic acids is 1. The Balaban J connectivity index is 2.53. The molecular weight excluding hydrogens is 208 g/mol. The Labute approximate surface area is 93.9 Å². The normalized spacial score (nSPS) is 9.60. The van der Waals surface area contributed by atoms with Crippen LogP contribution in [0.4, 0.5) is 0 Å². The van der Waals surface area contributed by atoms with Crippen molar-refractivity contribution in [3.05, 3.63) is 22.4 Å². The molecule has 15 heavy (non-hydrogen) atoms. The van der Waals surface area contributed by atoms with Crippen LogP contribution in [0.1, 0.15) is 18.2 Å². The number of hydrogen-bond donors (Lipinski definition) is 0. The van der Waals surface area contributed by atoms with Gasteiger partial charge in [-0.2, -0.15) is 5.26 Å². The van der Waals surface area contributed by atoms with Gasteiger partial charge in [-0.25, -0.2) is 0 Å². The topological polar surface area (TPSA) is 44.1 Å². The van der Waals surface area contributed by atoms with Crippen molar-refractivity contribution >= 4 is 17.2 Å². The summed E-state index contributed by atoms with van der Waals surface area (Å²) in [6.07, 6.45) is 1.30. The zero-order valence-corrected chi connectivity index (χ0v) is 9.59. The molecule has 1 rings (SSSR count). The average Bonchev–Trinajstić information content (AvgIpc) is 2.70. The quantitative estimate of drug-likeness (QED) is 0.716. The van der Waals surface area contributed by atoms with E-state index in [4.69, 9.17) is 5.26 Å². The van der Waals surface area contributed by atoms with Crippen molar-refractivity contribution in [2.24, 2.45) is 0 Å². The number of rotatable bonds is 5. The molecule has 0 aliphatic rings. The molecule has 0 aromatic carbocycles. The number of amides is 1. The lowest BCUT2D eigenvalue weighted by atomic mass is 10.3. The van der Waals surface area contributed by atoms with Crippen LogP contribution >= 0.6 is 11.3 Å². The first-order chi connectivity index (χ1) is 7.27. The van der Waals surface area contributed by atoms with Crippen LogP contribution in [0.5, 0.6) is 0 Å². The van der Waals surface area contributed by atoms with Gasteiger partial charge in [-0.3, -0.25) is 4.79 Å². The minimum atomic E-state index is 0.0425. The predicted molar refractivity (Wildman–Crippen MR) is 60.5 cm³/mol. The molecule has 0 N–H and O–H groups in total. The van der Waals surface area contributed by atoms with Gasteiger partial charge in [0.25, 0.3) is 0 Å². The predicted octanol–water partition coefficient (Wildman–Crippen LogP) is 2.05. The molecular formula is C11H14N2OS. The SMILES string of the molecule is CCCN(CC#N)C(=O)Cc1cccs1. The van der Waals surface area contributed by atoms with Crippen LogP contribution in [0.2, 0.25) is 0 Å². The van der Waals surface area contributed by atoms with E-state index in [1.807, 2.05) is 30.5 Å². The molecule has 3 nitrogen and oxygen atoms in total. The molecule has 1 heterocycles. The van der Waals surface area contributed by atoms with Crippen LogP contribution in [0.15, 0.2) is 17.5 Å². The number of nitriles is 1. The Morgan fingerprint density at radius 1 is 1.67 bits per heavy atom. The van der Waals surface area contributed by atoms with Crippen molar-refractivity contribution in [1.29, 1.82) is 5.26 Å². The maximum absolute atomic E-state index is 11.8. The lowest BCUT2D eigenvalue weighted by Crippen LogP contribution is -2.33. The van der Waals surface area contributed by atoms with E-state index in [9.17, 15) is 4.79 Å². The molecule has 1 amide bonds. The second kappa shape index (κ2) is 6.20. The van der Waals surface area contributed by atoms with E-state index < -0.39 is 0 Å². The fourth-order valence-electron chi connectivity index (χ4n) is 1.32. The van der Waals surface area contributed by atoms with Crippen LogP contribution in [0.25, 0.3) is 0 Å². The van der Waals surface area contributed by atoms with Gasteiger partial charge in [-0.15, -0.1) is 11.3 Å².